The first-order chi connectivity index (χ1) is 8.28. The van der Waals surface area contributed by atoms with Crippen LogP contribution in [0.2, 0.25) is 0 Å². The van der Waals surface area contributed by atoms with E-state index in [0.29, 0.717) is 0 Å². The molecule has 0 radical (unpaired) electrons. The molecule has 17 heavy (non-hydrogen) atoms. The van der Waals surface area contributed by atoms with Gasteiger partial charge in [0.05, 0.1) is 18.4 Å². The molecule has 0 saturated carbocycles. The third kappa shape index (κ3) is 3.34. The van der Waals surface area contributed by atoms with E-state index in [2.05, 4.69) is 46.5 Å². The Kier molecular flexibility index (Phi) is 3.81. The van der Waals surface area contributed by atoms with E-state index < -0.39 is 0 Å². The Hall–Kier alpha value is -1.77. The number of aryl methyl sites for hydroxylation is 2. The van der Waals surface area contributed by atoms with E-state index in [4.69, 9.17) is 0 Å². The summed E-state index contributed by atoms with van der Waals surface area (Å²) in [5.74, 6) is 0.958. The molecule has 0 saturated heterocycles. The van der Waals surface area contributed by atoms with Gasteiger partial charge in [0.1, 0.15) is 5.82 Å². The van der Waals surface area contributed by atoms with Crippen LogP contribution in [0.5, 0.6) is 0 Å². The number of benzene rings is 1. The molecule has 1 aromatic carbocycles. The molecule has 2 aromatic rings. The number of anilines is 1. The zero-order chi connectivity index (χ0) is 12.1. The second kappa shape index (κ2) is 5.53. The van der Waals surface area contributed by atoms with Crippen molar-refractivity contribution < 1.29 is 0 Å². The molecule has 0 atom stereocenters. The maximum absolute atomic E-state index is 4.17. The van der Waals surface area contributed by atoms with Crippen LogP contribution in [-0.2, 0) is 13.0 Å². The maximum Gasteiger partial charge on any atom is 0.103 e. The van der Waals surface area contributed by atoms with Crippen molar-refractivity contribution in [1.82, 2.24) is 9.97 Å². The van der Waals surface area contributed by atoms with Crippen molar-refractivity contribution in [3.8, 4) is 0 Å². The molecule has 3 heteroatoms. The van der Waals surface area contributed by atoms with Crippen molar-refractivity contribution >= 4 is 5.69 Å². The van der Waals surface area contributed by atoms with Crippen LogP contribution in [0.25, 0.3) is 0 Å². The molecule has 0 spiro atoms. The second-order valence-electron chi connectivity index (χ2n) is 4.29. The van der Waals surface area contributed by atoms with Gasteiger partial charge in [-0.2, -0.15) is 0 Å². The lowest BCUT2D eigenvalue weighted by atomic mass is 10.1. The Morgan fingerprint density at radius 2 is 2.00 bits per heavy atom. The molecular formula is C14H19N3. The molecule has 0 unspecified atom stereocenters. The monoisotopic (exact) mass is 229 g/mol. The number of aromatic amines is 1. The minimum absolute atomic E-state index is 0.786. The molecule has 1 heterocycles. The van der Waals surface area contributed by atoms with Gasteiger partial charge in [-0.25, -0.2) is 4.98 Å². The van der Waals surface area contributed by atoms with Crippen LogP contribution in [-0.4, -0.2) is 9.97 Å². The lowest BCUT2D eigenvalue weighted by Crippen LogP contribution is -1.99. The standard InChI is InChI=1S/C14H19N3/c1-3-4-12-5-7-13(8-6-12)16-10-14-9-15-11(2)17-14/h5-9,16H,3-4,10H2,1-2H3,(H,15,17). The van der Waals surface area contributed by atoms with E-state index in [-0.39, 0.29) is 0 Å². The Balaban J connectivity index is 1.90. The third-order valence-electron chi connectivity index (χ3n) is 2.73. The zero-order valence-corrected chi connectivity index (χ0v) is 10.5. The Morgan fingerprint density at radius 1 is 1.24 bits per heavy atom. The topological polar surface area (TPSA) is 40.7 Å². The predicted molar refractivity (Wildman–Crippen MR) is 71.1 cm³/mol. The molecule has 2 N–H and O–H groups in total. The van der Waals surface area contributed by atoms with Crippen molar-refractivity contribution in [1.29, 1.82) is 0 Å². The summed E-state index contributed by atoms with van der Waals surface area (Å²) >= 11 is 0. The molecular weight excluding hydrogens is 210 g/mol. The molecule has 2 rings (SSSR count). The van der Waals surface area contributed by atoms with Crippen LogP contribution in [0, 0.1) is 6.92 Å². The minimum atomic E-state index is 0.786. The summed E-state index contributed by atoms with van der Waals surface area (Å²) in [6, 6.07) is 8.64. The average molecular weight is 229 g/mol. The summed E-state index contributed by atoms with van der Waals surface area (Å²) in [6.07, 6.45) is 4.22. The van der Waals surface area contributed by atoms with Crippen LogP contribution in [0.15, 0.2) is 30.5 Å². The molecule has 0 amide bonds. The van der Waals surface area contributed by atoms with Crippen molar-refractivity contribution in [2.75, 3.05) is 5.32 Å². The molecule has 0 aliphatic rings. The minimum Gasteiger partial charge on any atom is -0.379 e. The van der Waals surface area contributed by atoms with Crippen LogP contribution >= 0.6 is 0 Å². The zero-order valence-electron chi connectivity index (χ0n) is 10.5. The molecule has 0 fully saturated rings. The summed E-state index contributed by atoms with van der Waals surface area (Å²) in [4.78, 5) is 7.38. The SMILES string of the molecule is CCCc1ccc(NCc2cnc(C)[nH]2)cc1. The first-order valence-corrected chi connectivity index (χ1v) is 6.11. The Morgan fingerprint density at radius 3 is 2.59 bits per heavy atom. The summed E-state index contributed by atoms with van der Waals surface area (Å²) in [7, 11) is 0. The van der Waals surface area contributed by atoms with E-state index in [1.807, 2.05) is 13.1 Å². The van der Waals surface area contributed by atoms with Gasteiger partial charge in [0.15, 0.2) is 0 Å². The van der Waals surface area contributed by atoms with Crippen molar-refractivity contribution in [3.05, 3.63) is 47.5 Å². The van der Waals surface area contributed by atoms with Gasteiger partial charge in [-0.05, 0) is 31.0 Å². The number of nitrogens with one attached hydrogen (secondary N) is 2. The summed E-state index contributed by atoms with van der Waals surface area (Å²) in [5.41, 5.74) is 3.66. The first kappa shape index (κ1) is 11.7. The van der Waals surface area contributed by atoms with E-state index in [1.165, 1.54) is 12.0 Å². The third-order valence-corrected chi connectivity index (χ3v) is 2.73. The predicted octanol–water partition coefficient (Wildman–Crippen LogP) is 3.28. The molecule has 0 bridgehead atoms. The normalized spacial score (nSPS) is 10.5. The smallest absolute Gasteiger partial charge is 0.103 e. The Bertz CT molecular complexity index is 457. The summed E-state index contributed by atoms with van der Waals surface area (Å²) in [6.45, 7) is 4.95. The highest BCUT2D eigenvalue weighted by Crippen LogP contribution is 2.12. The van der Waals surface area contributed by atoms with Crippen molar-refractivity contribution in [3.63, 3.8) is 0 Å². The van der Waals surface area contributed by atoms with Gasteiger partial charge in [0.2, 0.25) is 0 Å². The van der Waals surface area contributed by atoms with Gasteiger partial charge in [-0.15, -0.1) is 0 Å². The number of H-pyrrole nitrogens is 1. The van der Waals surface area contributed by atoms with Crippen molar-refractivity contribution in [2.24, 2.45) is 0 Å². The highest BCUT2D eigenvalue weighted by molar-refractivity contribution is 5.44. The summed E-state index contributed by atoms with van der Waals surface area (Å²) < 4.78 is 0. The highest BCUT2D eigenvalue weighted by atomic mass is 15.0. The van der Waals surface area contributed by atoms with Gasteiger partial charge in [0.25, 0.3) is 0 Å². The van der Waals surface area contributed by atoms with Crippen molar-refractivity contribution in [2.45, 2.75) is 33.2 Å². The first-order valence-electron chi connectivity index (χ1n) is 6.11. The fraction of sp³-hybridized carbons (Fsp3) is 0.357. The van der Waals surface area contributed by atoms with Gasteiger partial charge < -0.3 is 10.3 Å². The molecule has 0 aliphatic heterocycles. The molecule has 3 nitrogen and oxygen atoms in total. The highest BCUT2D eigenvalue weighted by Gasteiger charge is 1.97. The van der Waals surface area contributed by atoms with E-state index in [1.54, 1.807) is 0 Å². The fourth-order valence-electron chi connectivity index (χ4n) is 1.84. The lowest BCUT2D eigenvalue weighted by molar-refractivity contribution is 0.921. The number of aromatic nitrogens is 2. The average Bonchev–Trinajstić information content (AvgIpc) is 2.75. The lowest BCUT2D eigenvalue weighted by Gasteiger charge is -2.06. The summed E-state index contributed by atoms with van der Waals surface area (Å²) in [5, 5.41) is 3.37. The second-order valence-corrected chi connectivity index (χ2v) is 4.29. The van der Waals surface area contributed by atoms with Crippen LogP contribution in [0.3, 0.4) is 0 Å². The van der Waals surface area contributed by atoms with Crippen LogP contribution < -0.4 is 5.32 Å². The van der Waals surface area contributed by atoms with Crippen LogP contribution in [0.4, 0.5) is 5.69 Å². The van der Waals surface area contributed by atoms with Crippen LogP contribution in [0.1, 0.15) is 30.4 Å². The molecule has 0 aliphatic carbocycles. The van der Waals surface area contributed by atoms with Gasteiger partial charge >= 0.3 is 0 Å². The number of nitrogens with zero attached hydrogens (tertiary/aromatic N) is 1. The largest absolute Gasteiger partial charge is 0.379 e. The number of rotatable bonds is 5. The van der Waals surface area contributed by atoms with E-state index >= 15 is 0 Å². The molecule has 90 valence electrons. The van der Waals surface area contributed by atoms with E-state index in [9.17, 15) is 0 Å². The quantitative estimate of drug-likeness (QED) is 0.826. The number of imidazole rings is 1. The Labute approximate surface area is 102 Å². The number of hydrogen-bond donors (Lipinski definition) is 2. The molecule has 1 aromatic heterocycles. The van der Waals surface area contributed by atoms with Gasteiger partial charge in [0, 0.05) is 5.69 Å². The fourth-order valence-corrected chi connectivity index (χ4v) is 1.84. The van der Waals surface area contributed by atoms with Gasteiger partial charge in [-0.3, -0.25) is 0 Å². The maximum atomic E-state index is 4.17. The number of hydrogen-bond acceptors (Lipinski definition) is 2. The van der Waals surface area contributed by atoms with Gasteiger partial charge in [-0.1, -0.05) is 25.5 Å². The van der Waals surface area contributed by atoms with E-state index in [0.717, 1.165) is 30.2 Å².